The number of hydrogen-bond acceptors (Lipinski definition) is 3. The number of benzene rings is 1. The molecule has 0 unspecified atom stereocenters. The molecule has 1 aromatic carbocycles. The molecule has 1 rings (SSSR count). The highest BCUT2D eigenvalue weighted by Crippen LogP contribution is 2.30. The quantitative estimate of drug-likeness (QED) is 0.676. The zero-order valence-electron chi connectivity index (χ0n) is 7.17. The van der Waals surface area contributed by atoms with Gasteiger partial charge in [-0.3, -0.25) is 0 Å². The molecule has 0 radical (unpaired) electrons. The minimum absolute atomic E-state index is 0.106. The Morgan fingerprint density at radius 1 is 1.21 bits per heavy atom. The smallest absolute Gasteiger partial charge is 0.175 e. The molecule has 0 atom stereocenters. The van der Waals surface area contributed by atoms with Gasteiger partial charge in [-0.15, -0.1) is 0 Å². The second kappa shape index (κ2) is 4.06. The molecule has 0 aliphatic carbocycles. The SMILES string of the molecule is NC/C=C/c1c(F)c(O)cc(O)c1F. The van der Waals surface area contributed by atoms with Gasteiger partial charge in [0.25, 0.3) is 0 Å². The van der Waals surface area contributed by atoms with Crippen molar-refractivity contribution in [1.29, 1.82) is 0 Å². The summed E-state index contributed by atoms with van der Waals surface area (Å²) < 4.78 is 26.1. The Morgan fingerprint density at radius 2 is 1.71 bits per heavy atom. The molecular formula is C9H9F2NO2. The lowest BCUT2D eigenvalue weighted by Crippen LogP contribution is -1.94. The van der Waals surface area contributed by atoms with Crippen molar-refractivity contribution in [3.8, 4) is 11.5 Å². The van der Waals surface area contributed by atoms with Gasteiger partial charge < -0.3 is 15.9 Å². The predicted octanol–water partition coefficient (Wildman–Crippen LogP) is 1.35. The third-order valence-corrected chi connectivity index (χ3v) is 1.62. The topological polar surface area (TPSA) is 66.5 Å². The molecule has 76 valence electrons. The molecule has 0 heterocycles. The van der Waals surface area contributed by atoms with Crippen LogP contribution in [0.25, 0.3) is 6.08 Å². The normalized spacial score (nSPS) is 11.1. The van der Waals surface area contributed by atoms with Crippen molar-refractivity contribution in [2.24, 2.45) is 5.73 Å². The zero-order chi connectivity index (χ0) is 10.7. The fraction of sp³-hybridized carbons (Fsp3) is 0.111. The van der Waals surface area contributed by atoms with Gasteiger partial charge in [0.05, 0.1) is 5.56 Å². The average Bonchev–Trinajstić information content (AvgIpc) is 2.15. The van der Waals surface area contributed by atoms with Crippen LogP contribution in [0.4, 0.5) is 8.78 Å². The number of aromatic hydroxyl groups is 2. The summed E-state index contributed by atoms with van der Waals surface area (Å²) in [6, 6.07) is 0.602. The molecule has 0 bridgehead atoms. The number of rotatable bonds is 2. The van der Waals surface area contributed by atoms with E-state index in [9.17, 15) is 8.78 Å². The van der Waals surface area contributed by atoms with Crippen molar-refractivity contribution < 1.29 is 19.0 Å². The van der Waals surface area contributed by atoms with Gasteiger partial charge in [-0.2, -0.15) is 0 Å². The van der Waals surface area contributed by atoms with Crippen LogP contribution in [0, 0.1) is 11.6 Å². The minimum Gasteiger partial charge on any atom is -0.505 e. The molecular weight excluding hydrogens is 192 g/mol. The van der Waals surface area contributed by atoms with Crippen molar-refractivity contribution in [1.82, 2.24) is 0 Å². The first-order chi connectivity index (χ1) is 6.57. The third-order valence-electron chi connectivity index (χ3n) is 1.62. The van der Waals surface area contributed by atoms with E-state index in [0.717, 1.165) is 6.08 Å². The van der Waals surface area contributed by atoms with E-state index in [2.05, 4.69) is 0 Å². The molecule has 0 amide bonds. The van der Waals surface area contributed by atoms with E-state index in [-0.39, 0.29) is 6.54 Å². The number of phenols is 2. The van der Waals surface area contributed by atoms with E-state index in [4.69, 9.17) is 15.9 Å². The lowest BCUT2D eigenvalue weighted by Gasteiger charge is -2.03. The summed E-state index contributed by atoms with van der Waals surface area (Å²) >= 11 is 0. The first-order valence-electron chi connectivity index (χ1n) is 3.84. The summed E-state index contributed by atoms with van der Waals surface area (Å²) in [6.07, 6.45) is 2.37. The van der Waals surface area contributed by atoms with Crippen LogP contribution in [-0.2, 0) is 0 Å². The van der Waals surface area contributed by atoms with Gasteiger partial charge >= 0.3 is 0 Å². The van der Waals surface area contributed by atoms with Gasteiger partial charge in [0, 0.05) is 12.6 Å². The van der Waals surface area contributed by atoms with Crippen LogP contribution < -0.4 is 5.73 Å². The lowest BCUT2D eigenvalue weighted by molar-refractivity contribution is 0.396. The summed E-state index contributed by atoms with van der Waals surface area (Å²) in [6.45, 7) is 0.106. The molecule has 14 heavy (non-hydrogen) atoms. The highest BCUT2D eigenvalue weighted by atomic mass is 19.1. The summed E-state index contributed by atoms with van der Waals surface area (Å²) in [4.78, 5) is 0. The van der Waals surface area contributed by atoms with Gasteiger partial charge in [0.15, 0.2) is 23.1 Å². The standard InChI is InChI=1S/C9H9F2NO2/c10-8-5(2-1-3-12)9(11)7(14)4-6(8)13/h1-2,4,13-14H,3,12H2/b2-1+. The molecule has 5 heteroatoms. The van der Waals surface area contributed by atoms with Crippen LogP contribution in [0.2, 0.25) is 0 Å². The summed E-state index contributed by atoms with van der Waals surface area (Å²) in [7, 11) is 0. The predicted molar refractivity (Wildman–Crippen MR) is 47.8 cm³/mol. The van der Waals surface area contributed by atoms with Crippen LogP contribution in [0.3, 0.4) is 0 Å². The lowest BCUT2D eigenvalue weighted by atomic mass is 10.1. The van der Waals surface area contributed by atoms with E-state index >= 15 is 0 Å². The third kappa shape index (κ3) is 1.82. The molecule has 0 aliphatic rings. The number of nitrogens with two attached hydrogens (primary N) is 1. The van der Waals surface area contributed by atoms with Gasteiger partial charge in [0.2, 0.25) is 0 Å². The number of phenolic OH excluding ortho intramolecular Hbond substituents is 2. The summed E-state index contributed by atoms with van der Waals surface area (Å²) in [5, 5.41) is 17.9. The first-order valence-corrected chi connectivity index (χ1v) is 3.84. The second-order valence-corrected chi connectivity index (χ2v) is 2.59. The summed E-state index contributed by atoms with van der Waals surface area (Å²) in [5.41, 5.74) is 4.59. The molecule has 0 saturated heterocycles. The van der Waals surface area contributed by atoms with Crippen molar-refractivity contribution in [2.45, 2.75) is 0 Å². The monoisotopic (exact) mass is 201 g/mol. The van der Waals surface area contributed by atoms with Gasteiger partial charge in [-0.25, -0.2) is 8.78 Å². The minimum atomic E-state index is -1.12. The molecule has 3 nitrogen and oxygen atoms in total. The van der Waals surface area contributed by atoms with Crippen LogP contribution in [0.1, 0.15) is 5.56 Å². The molecule has 0 aliphatic heterocycles. The second-order valence-electron chi connectivity index (χ2n) is 2.59. The molecule has 0 spiro atoms. The largest absolute Gasteiger partial charge is 0.505 e. The van der Waals surface area contributed by atoms with Crippen LogP contribution in [0.5, 0.6) is 11.5 Å². The van der Waals surface area contributed by atoms with Gasteiger partial charge in [0.1, 0.15) is 0 Å². The summed E-state index contributed by atoms with van der Waals surface area (Å²) in [5.74, 6) is -3.85. The van der Waals surface area contributed by atoms with Crippen molar-refractivity contribution in [3.63, 3.8) is 0 Å². The van der Waals surface area contributed by atoms with Crippen LogP contribution >= 0.6 is 0 Å². The molecule has 0 aromatic heterocycles. The first kappa shape index (κ1) is 10.5. The van der Waals surface area contributed by atoms with Crippen LogP contribution in [-0.4, -0.2) is 16.8 Å². The van der Waals surface area contributed by atoms with E-state index in [1.165, 1.54) is 6.08 Å². The highest BCUT2D eigenvalue weighted by molar-refractivity contribution is 5.57. The van der Waals surface area contributed by atoms with Gasteiger partial charge in [-0.1, -0.05) is 12.2 Å². The molecule has 0 saturated carbocycles. The number of hydrogen-bond donors (Lipinski definition) is 3. The zero-order valence-corrected chi connectivity index (χ0v) is 7.17. The van der Waals surface area contributed by atoms with E-state index in [0.29, 0.717) is 6.07 Å². The highest BCUT2D eigenvalue weighted by Gasteiger charge is 2.15. The maximum atomic E-state index is 13.1. The van der Waals surface area contributed by atoms with E-state index in [1.807, 2.05) is 0 Å². The van der Waals surface area contributed by atoms with E-state index < -0.39 is 28.7 Å². The maximum absolute atomic E-state index is 13.1. The van der Waals surface area contributed by atoms with Gasteiger partial charge in [-0.05, 0) is 0 Å². The number of halogens is 2. The Hall–Kier alpha value is -1.62. The molecule has 4 N–H and O–H groups in total. The van der Waals surface area contributed by atoms with Crippen molar-refractivity contribution in [2.75, 3.05) is 6.54 Å². The fourth-order valence-corrected chi connectivity index (χ4v) is 0.961. The van der Waals surface area contributed by atoms with Crippen molar-refractivity contribution in [3.05, 3.63) is 29.3 Å². The Balaban J connectivity index is 3.32. The average molecular weight is 201 g/mol. The maximum Gasteiger partial charge on any atom is 0.175 e. The van der Waals surface area contributed by atoms with E-state index in [1.54, 1.807) is 0 Å². The molecule has 0 fully saturated rings. The Kier molecular flexibility index (Phi) is 3.03. The Bertz CT molecular complexity index is 351. The Morgan fingerprint density at radius 3 is 2.14 bits per heavy atom. The van der Waals surface area contributed by atoms with Crippen molar-refractivity contribution >= 4 is 6.08 Å². The fourth-order valence-electron chi connectivity index (χ4n) is 0.961. The molecule has 1 aromatic rings. The van der Waals surface area contributed by atoms with Crippen LogP contribution in [0.15, 0.2) is 12.1 Å². The Labute approximate surface area is 79.1 Å².